The van der Waals surface area contributed by atoms with E-state index in [9.17, 15) is 30.0 Å². The van der Waals surface area contributed by atoms with Crippen molar-refractivity contribution in [2.45, 2.75) is 153 Å². The number of aliphatic hydroxyl groups excluding tert-OH is 4. The molecule has 23 nitrogen and oxygen atoms in total. The Kier molecular flexibility index (Phi) is 20.8. The summed E-state index contributed by atoms with van der Waals surface area (Å²) in [6.45, 7) is 15.8. The van der Waals surface area contributed by atoms with E-state index in [1.807, 2.05) is 54.6 Å². The SMILES string of the molecule is CC(C)(C)c1ccc(CC(=O)NCCC[C@H](CNCc2ccccc2)C[C@H]2O[C@@H](n3cnc4c(N)ncnc43)[C@@H](O)C2O)cc1.CC(C)(C)c1ccc(NC(=O)NCCC[C@H](CN)C[C@H]2O[C@@H](n3cnc4c(N)ncnc43)[C@@H](O)C2O)cc1. The number of nitrogens with one attached hydrogen (secondary N) is 4. The lowest BCUT2D eigenvalue weighted by molar-refractivity contribution is -0.120. The molecule has 0 radical (unpaired) electrons. The van der Waals surface area contributed by atoms with E-state index in [4.69, 9.17) is 26.7 Å². The van der Waals surface area contributed by atoms with Crippen LogP contribution in [0, 0.1) is 11.8 Å². The van der Waals surface area contributed by atoms with E-state index in [0.717, 1.165) is 30.5 Å². The summed E-state index contributed by atoms with van der Waals surface area (Å²) in [5, 5.41) is 55.6. The topological polar surface area (TPSA) is 347 Å². The minimum absolute atomic E-state index is 0.00483. The molecule has 6 heterocycles. The quantitative estimate of drug-likeness (QED) is 0.0391. The minimum atomic E-state index is -1.17. The summed E-state index contributed by atoms with van der Waals surface area (Å²) < 4.78 is 15.4. The van der Waals surface area contributed by atoms with Gasteiger partial charge in [0.25, 0.3) is 0 Å². The van der Waals surface area contributed by atoms with Crippen LogP contribution in [0.5, 0.6) is 0 Å². The summed E-state index contributed by atoms with van der Waals surface area (Å²) in [6, 6.07) is 26.0. The van der Waals surface area contributed by atoms with Gasteiger partial charge in [0.05, 0.1) is 31.3 Å². The predicted octanol–water partition coefficient (Wildman–Crippen LogP) is 5.15. The molecule has 7 aromatic rings. The molecule has 2 unspecified atom stereocenters. The number of amides is 3. The molecule has 2 aliphatic rings. The summed E-state index contributed by atoms with van der Waals surface area (Å²) in [5.74, 6) is 0.613. The summed E-state index contributed by atoms with van der Waals surface area (Å²) in [6.07, 6.45) is 2.46. The van der Waals surface area contributed by atoms with Crippen LogP contribution in [0.2, 0.25) is 0 Å². The Morgan fingerprint density at radius 1 is 0.614 bits per heavy atom. The molecular formula is C60H83N15O8. The van der Waals surface area contributed by atoms with Gasteiger partial charge in [0.2, 0.25) is 5.91 Å². The number of ether oxygens (including phenoxy) is 2. The van der Waals surface area contributed by atoms with Gasteiger partial charge in [-0.05, 0) is 109 Å². The highest BCUT2D eigenvalue weighted by Gasteiger charge is 2.46. The number of nitrogens with two attached hydrogens (primary N) is 3. The lowest BCUT2D eigenvalue weighted by Gasteiger charge is -2.23. The number of rotatable bonds is 22. The molecule has 83 heavy (non-hydrogen) atoms. The van der Waals surface area contributed by atoms with Crippen molar-refractivity contribution in [3.8, 4) is 0 Å². The van der Waals surface area contributed by atoms with Gasteiger partial charge in [-0.15, -0.1) is 0 Å². The Bertz CT molecular complexity index is 3190. The molecule has 14 N–H and O–H groups in total. The molecule has 3 amide bonds. The maximum absolute atomic E-state index is 12.7. The molecule has 23 heteroatoms. The average molecular weight is 1140 g/mol. The van der Waals surface area contributed by atoms with Crippen molar-refractivity contribution in [3.05, 3.63) is 126 Å². The Morgan fingerprint density at radius 3 is 1.63 bits per heavy atom. The maximum Gasteiger partial charge on any atom is 0.319 e. The number of nitrogens with zero attached hydrogens (tertiary/aromatic N) is 8. The highest BCUT2D eigenvalue weighted by molar-refractivity contribution is 5.89. The number of aliphatic hydroxyl groups is 4. The van der Waals surface area contributed by atoms with E-state index in [1.54, 1.807) is 9.13 Å². The average Bonchev–Trinajstić information content (AvgIpc) is 4.27. The largest absolute Gasteiger partial charge is 0.388 e. The molecule has 9 rings (SSSR count). The summed E-state index contributed by atoms with van der Waals surface area (Å²) in [4.78, 5) is 49.8. The standard InChI is InChI=1S/C34H45N7O4.C26H38N8O4/c1-34(2,3)25-13-11-22(12-14-25)17-27(42)37-15-7-10-24(19-36-18-23-8-5-4-6-9-23)16-26-29(43)30(44)33(45-26)41-21-40-28-31(35)38-20-39-32(28)41;1-26(2,3)16-6-8-17(9-7-16)33-25(37)29-10-4-5-15(12-27)11-18-20(35)21(36)24(38-18)34-14-32-19-22(28)30-13-31-23(19)34/h4-6,8-9,11-14,20-21,24,26,29-30,33,36,43-44H,7,10,15-19H2,1-3H3,(H,37,42)(H2,35,38,39);6-9,13-15,18,20-21,24,35-36H,4-5,10-12,27H2,1-3H3,(H2,28,30,31)(H2,29,33,37)/t24-,26+,29?,30-,33+;15-,18+,20?,21-,24+/m00/s1. The molecule has 4 aromatic heterocycles. The summed E-state index contributed by atoms with van der Waals surface area (Å²) in [5.41, 5.74) is 24.9. The minimum Gasteiger partial charge on any atom is -0.388 e. The molecule has 0 saturated carbocycles. The molecule has 2 aliphatic heterocycles. The summed E-state index contributed by atoms with van der Waals surface area (Å²) >= 11 is 0. The van der Waals surface area contributed by atoms with Crippen molar-refractivity contribution in [1.82, 2.24) is 55.0 Å². The Hall–Kier alpha value is -7.22. The van der Waals surface area contributed by atoms with Crippen LogP contribution in [0.25, 0.3) is 22.3 Å². The first-order chi connectivity index (χ1) is 39.7. The van der Waals surface area contributed by atoms with Crippen LogP contribution in [0.15, 0.2) is 104 Å². The predicted molar refractivity (Wildman–Crippen MR) is 317 cm³/mol. The monoisotopic (exact) mass is 1140 g/mol. The molecule has 2 fully saturated rings. The molecule has 0 spiro atoms. The number of fused-ring (bicyclic) bond motifs is 2. The van der Waals surface area contributed by atoms with E-state index < -0.39 is 49.1 Å². The first kappa shape index (κ1) is 61.8. The van der Waals surface area contributed by atoms with Gasteiger partial charge in [-0.25, -0.2) is 34.7 Å². The molecular weight excluding hydrogens is 1060 g/mol. The fraction of sp³-hybridized carbons (Fsp3) is 0.500. The first-order valence-corrected chi connectivity index (χ1v) is 28.5. The van der Waals surface area contributed by atoms with Crippen molar-refractivity contribution >= 4 is 51.6 Å². The normalized spacial score (nSPS) is 21.6. The molecule has 0 bridgehead atoms. The highest BCUT2D eigenvalue weighted by atomic mass is 16.6. The number of benzene rings is 3. The number of hydrogen-bond donors (Lipinski definition) is 11. The van der Waals surface area contributed by atoms with Crippen LogP contribution in [-0.2, 0) is 38.1 Å². The number of aromatic nitrogens is 8. The van der Waals surface area contributed by atoms with E-state index in [1.165, 1.54) is 42.0 Å². The van der Waals surface area contributed by atoms with Crippen molar-refractivity contribution in [2.24, 2.45) is 17.6 Å². The Labute approximate surface area is 484 Å². The van der Waals surface area contributed by atoms with E-state index in [0.29, 0.717) is 80.7 Å². The number of anilines is 3. The lowest BCUT2D eigenvalue weighted by Crippen LogP contribution is -2.34. The second-order valence-corrected chi connectivity index (χ2v) is 23.8. The number of carbonyl (C=O) groups excluding carboxylic acids is 2. The van der Waals surface area contributed by atoms with E-state index in [-0.39, 0.29) is 46.2 Å². The first-order valence-electron chi connectivity index (χ1n) is 28.5. The van der Waals surface area contributed by atoms with E-state index in [2.05, 4.69) is 117 Å². The van der Waals surface area contributed by atoms with Gasteiger partial charge >= 0.3 is 6.03 Å². The number of carbonyl (C=O) groups is 2. The van der Waals surface area contributed by atoms with Crippen molar-refractivity contribution in [2.75, 3.05) is 43.0 Å². The third-order valence-corrected chi connectivity index (χ3v) is 15.4. The fourth-order valence-electron chi connectivity index (χ4n) is 10.5. The van der Waals surface area contributed by atoms with E-state index >= 15 is 0 Å². The third-order valence-electron chi connectivity index (χ3n) is 15.4. The van der Waals surface area contributed by atoms with Crippen LogP contribution < -0.4 is 38.5 Å². The molecule has 0 aliphatic carbocycles. The van der Waals surface area contributed by atoms with Crippen molar-refractivity contribution in [3.63, 3.8) is 0 Å². The van der Waals surface area contributed by atoms with Crippen LogP contribution in [0.1, 0.15) is 115 Å². The maximum atomic E-state index is 12.7. The van der Waals surface area contributed by atoms with Crippen molar-refractivity contribution < 1.29 is 39.5 Å². The van der Waals surface area contributed by atoms with Gasteiger partial charge in [-0.1, -0.05) is 108 Å². The van der Waals surface area contributed by atoms with Gasteiger partial charge in [0.1, 0.15) is 48.1 Å². The van der Waals surface area contributed by atoms with Crippen LogP contribution >= 0.6 is 0 Å². The van der Waals surface area contributed by atoms with Gasteiger partial charge in [-0.3, -0.25) is 13.9 Å². The Morgan fingerprint density at radius 2 is 1.11 bits per heavy atom. The number of urea groups is 1. The Balaban J connectivity index is 0.000000220. The van der Waals surface area contributed by atoms with Gasteiger partial charge in [0, 0.05) is 25.3 Å². The zero-order valence-electron chi connectivity index (χ0n) is 48.3. The van der Waals surface area contributed by atoms with Crippen LogP contribution in [-0.4, -0.2) is 134 Å². The molecule has 10 atom stereocenters. The molecule has 2 saturated heterocycles. The second kappa shape index (κ2) is 27.9. The highest BCUT2D eigenvalue weighted by Crippen LogP contribution is 2.37. The smallest absolute Gasteiger partial charge is 0.319 e. The van der Waals surface area contributed by atoms with Gasteiger partial charge < -0.3 is 68.4 Å². The number of imidazole rings is 2. The van der Waals surface area contributed by atoms with Crippen LogP contribution in [0.3, 0.4) is 0 Å². The number of hydrogen-bond acceptors (Lipinski definition) is 18. The van der Waals surface area contributed by atoms with Gasteiger partial charge in [0.15, 0.2) is 35.4 Å². The van der Waals surface area contributed by atoms with Crippen LogP contribution in [0.4, 0.5) is 22.1 Å². The second-order valence-electron chi connectivity index (χ2n) is 23.8. The van der Waals surface area contributed by atoms with Crippen molar-refractivity contribution in [1.29, 1.82) is 0 Å². The van der Waals surface area contributed by atoms with Gasteiger partial charge in [-0.2, -0.15) is 0 Å². The molecule has 446 valence electrons. The zero-order chi connectivity index (χ0) is 59.4. The number of nitrogen functional groups attached to an aromatic ring is 2. The zero-order valence-corrected chi connectivity index (χ0v) is 48.3. The fourth-order valence-corrected chi connectivity index (χ4v) is 10.5. The third kappa shape index (κ3) is 16.1. The lowest BCUT2D eigenvalue weighted by atomic mass is 9.86. The molecule has 3 aromatic carbocycles. The summed E-state index contributed by atoms with van der Waals surface area (Å²) in [7, 11) is 0.